The van der Waals surface area contributed by atoms with Crippen LogP contribution in [-0.2, 0) is 10.7 Å². The maximum Gasteiger partial charge on any atom is 0.410 e. The van der Waals surface area contributed by atoms with Gasteiger partial charge < -0.3 is 5.11 Å². The molecule has 2 rings (SSSR count). The number of carboxylic acid groups (broad SMARTS) is 1. The predicted octanol–water partition coefficient (Wildman–Crippen LogP) is 3.18. The second kappa shape index (κ2) is 3.75. The van der Waals surface area contributed by atoms with Gasteiger partial charge in [-0.15, -0.1) is 11.3 Å². The average molecular weight is 291 g/mol. The van der Waals surface area contributed by atoms with E-state index >= 15 is 0 Å². The van der Waals surface area contributed by atoms with E-state index < -0.39 is 6.09 Å². The standard InChI is InChI=1S/C9H11BrN2O2S/c1-9(2-3-9)6-5(4-10)11-7(15-6)12-8(13)14/h2-4H2,1H3,(H,11,12)(H,13,14). The maximum atomic E-state index is 10.5. The van der Waals surface area contributed by atoms with Gasteiger partial charge in [0, 0.05) is 15.6 Å². The third-order valence-electron chi connectivity index (χ3n) is 2.59. The first-order valence-electron chi connectivity index (χ1n) is 4.61. The monoisotopic (exact) mass is 290 g/mol. The van der Waals surface area contributed by atoms with Crippen LogP contribution in [0.1, 0.15) is 30.3 Å². The molecular weight excluding hydrogens is 280 g/mol. The summed E-state index contributed by atoms with van der Waals surface area (Å²) < 4.78 is 0. The minimum absolute atomic E-state index is 0.235. The minimum atomic E-state index is -1.06. The SMILES string of the molecule is CC1(c2sc(NC(=O)O)nc2CBr)CC1. The number of anilines is 1. The van der Waals surface area contributed by atoms with Crippen LogP contribution in [0.2, 0.25) is 0 Å². The third kappa shape index (κ3) is 2.15. The van der Waals surface area contributed by atoms with Crippen LogP contribution in [0, 0.1) is 0 Å². The zero-order valence-corrected chi connectivity index (χ0v) is 10.6. The lowest BCUT2D eigenvalue weighted by molar-refractivity contribution is 0.209. The van der Waals surface area contributed by atoms with Gasteiger partial charge in [0.25, 0.3) is 0 Å². The highest BCUT2D eigenvalue weighted by molar-refractivity contribution is 9.08. The molecule has 1 aromatic heterocycles. The number of alkyl halides is 1. The highest BCUT2D eigenvalue weighted by Crippen LogP contribution is 2.51. The zero-order valence-electron chi connectivity index (χ0n) is 8.21. The lowest BCUT2D eigenvalue weighted by Gasteiger charge is -2.05. The number of hydrogen-bond acceptors (Lipinski definition) is 3. The Labute approximate surface area is 99.8 Å². The van der Waals surface area contributed by atoms with E-state index in [4.69, 9.17) is 5.11 Å². The molecule has 0 aromatic carbocycles. The number of rotatable bonds is 3. The normalized spacial score (nSPS) is 17.5. The largest absolute Gasteiger partial charge is 0.465 e. The number of carbonyl (C=O) groups is 1. The topological polar surface area (TPSA) is 62.2 Å². The summed E-state index contributed by atoms with van der Waals surface area (Å²) in [5.74, 6) is 0. The number of hydrogen-bond donors (Lipinski definition) is 2. The fourth-order valence-corrected chi connectivity index (χ4v) is 3.24. The molecular formula is C9H11BrN2O2S. The van der Waals surface area contributed by atoms with E-state index in [0.717, 1.165) is 5.69 Å². The lowest BCUT2D eigenvalue weighted by atomic mass is 10.1. The van der Waals surface area contributed by atoms with Crippen molar-refractivity contribution in [2.24, 2.45) is 0 Å². The Morgan fingerprint density at radius 1 is 1.73 bits per heavy atom. The van der Waals surface area contributed by atoms with Crippen molar-refractivity contribution in [3.63, 3.8) is 0 Å². The van der Waals surface area contributed by atoms with Crippen LogP contribution in [-0.4, -0.2) is 16.2 Å². The molecule has 1 aliphatic rings. The molecule has 1 heterocycles. The van der Waals surface area contributed by atoms with Gasteiger partial charge >= 0.3 is 6.09 Å². The van der Waals surface area contributed by atoms with Gasteiger partial charge in [-0.1, -0.05) is 22.9 Å². The number of nitrogens with zero attached hydrogens (tertiary/aromatic N) is 1. The Hall–Kier alpha value is -0.620. The van der Waals surface area contributed by atoms with Crippen LogP contribution < -0.4 is 5.32 Å². The fraction of sp³-hybridized carbons (Fsp3) is 0.556. The number of halogens is 1. The minimum Gasteiger partial charge on any atom is -0.465 e. The number of amides is 1. The molecule has 1 aromatic rings. The van der Waals surface area contributed by atoms with Crippen molar-refractivity contribution < 1.29 is 9.90 Å². The second-order valence-electron chi connectivity index (χ2n) is 3.92. The van der Waals surface area contributed by atoms with E-state index in [0.29, 0.717) is 10.5 Å². The molecule has 0 spiro atoms. The van der Waals surface area contributed by atoms with Gasteiger partial charge in [-0.25, -0.2) is 9.78 Å². The molecule has 0 aliphatic heterocycles. The second-order valence-corrected chi connectivity index (χ2v) is 5.48. The Morgan fingerprint density at radius 2 is 2.40 bits per heavy atom. The van der Waals surface area contributed by atoms with Crippen LogP contribution in [0.15, 0.2) is 0 Å². The van der Waals surface area contributed by atoms with Crippen LogP contribution >= 0.6 is 27.3 Å². The highest BCUT2D eigenvalue weighted by Gasteiger charge is 2.42. The molecule has 15 heavy (non-hydrogen) atoms. The van der Waals surface area contributed by atoms with E-state index in [1.807, 2.05) is 0 Å². The predicted molar refractivity (Wildman–Crippen MR) is 63.0 cm³/mol. The van der Waals surface area contributed by atoms with Gasteiger partial charge in [0.15, 0.2) is 5.13 Å². The maximum absolute atomic E-state index is 10.5. The Balaban J connectivity index is 2.29. The summed E-state index contributed by atoms with van der Waals surface area (Å²) in [5.41, 5.74) is 1.20. The summed E-state index contributed by atoms with van der Waals surface area (Å²) in [5, 5.41) is 12.1. The van der Waals surface area contributed by atoms with Crippen LogP contribution in [0.5, 0.6) is 0 Å². The van der Waals surface area contributed by atoms with Gasteiger partial charge in [-0.3, -0.25) is 5.32 Å². The van der Waals surface area contributed by atoms with E-state index in [-0.39, 0.29) is 5.41 Å². The van der Waals surface area contributed by atoms with Crippen molar-refractivity contribution >= 4 is 38.5 Å². The van der Waals surface area contributed by atoms with Crippen LogP contribution in [0.3, 0.4) is 0 Å². The first-order chi connectivity index (χ1) is 7.05. The summed E-state index contributed by atoms with van der Waals surface area (Å²) in [7, 11) is 0. The molecule has 4 nitrogen and oxygen atoms in total. The van der Waals surface area contributed by atoms with Gasteiger partial charge in [0.1, 0.15) is 0 Å². The fourth-order valence-electron chi connectivity index (χ4n) is 1.47. The molecule has 2 N–H and O–H groups in total. The van der Waals surface area contributed by atoms with E-state index in [1.165, 1.54) is 29.1 Å². The van der Waals surface area contributed by atoms with E-state index in [2.05, 4.69) is 33.2 Å². The van der Waals surface area contributed by atoms with Gasteiger partial charge in [0.2, 0.25) is 0 Å². The van der Waals surface area contributed by atoms with E-state index in [9.17, 15) is 4.79 Å². The summed E-state index contributed by atoms with van der Waals surface area (Å²) in [6, 6.07) is 0. The molecule has 0 unspecified atom stereocenters. The van der Waals surface area contributed by atoms with Gasteiger partial charge in [0.05, 0.1) is 5.69 Å². The third-order valence-corrected chi connectivity index (χ3v) is 4.44. The van der Waals surface area contributed by atoms with Crippen LogP contribution in [0.4, 0.5) is 9.93 Å². The Morgan fingerprint density at radius 3 is 2.87 bits per heavy atom. The molecule has 6 heteroatoms. The molecule has 0 radical (unpaired) electrons. The quantitative estimate of drug-likeness (QED) is 0.841. The van der Waals surface area contributed by atoms with Crippen molar-refractivity contribution in [2.45, 2.75) is 30.5 Å². The van der Waals surface area contributed by atoms with Gasteiger partial charge in [-0.05, 0) is 12.8 Å². The first-order valence-corrected chi connectivity index (χ1v) is 6.55. The van der Waals surface area contributed by atoms with E-state index in [1.54, 1.807) is 0 Å². The summed E-state index contributed by atoms with van der Waals surface area (Å²) in [6.45, 7) is 2.19. The highest BCUT2D eigenvalue weighted by atomic mass is 79.9. The molecule has 1 aliphatic carbocycles. The van der Waals surface area contributed by atoms with Crippen molar-refractivity contribution in [1.29, 1.82) is 0 Å². The molecule has 82 valence electrons. The van der Waals surface area contributed by atoms with Crippen molar-refractivity contribution in [3.8, 4) is 0 Å². The molecule has 0 saturated heterocycles. The molecule has 1 amide bonds. The Bertz CT molecular complexity index is 401. The van der Waals surface area contributed by atoms with Crippen LogP contribution in [0.25, 0.3) is 0 Å². The van der Waals surface area contributed by atoms with Crippen molar-refractivity contribution in [3.05, 3.63) is 10.6 Å². The molecule has 1 fully saturated rings. The molecule has 0 atom stereocenters. The number of thiazole rings is 1. The first kappa shape index (κ1) is 10.9. The van der Waals surface area contributed by atoms with Gasteiger partial charge in [-0.2, -0.15) is 0 Å². The van der Waals surface area contributed by atoms with Crippen molar-refractivity contribution in [1.82, 2.24) is 4.98 Å². The summed E-state index contributed by atoms with van der Waals surface area (Å²) in [6.07, 6.45) is 1.28. The number of aromatic nitrogens is 1. The smallest absolute Gasteiger partial charge is 0.410 e. The zero-order chi connectivity index (χ0) is 11.1. The average Bonchev–Trinajstić information content (AvgIpc) is 2.77. The summed E-state index contributed by atoms with van der Waals surface area (Å²) >= 11 is 4.83. The Kier molecular flexibility index (Phi) is 2.72. The molecule has 0 bridgehead atoms. The van der Waals surface area contributed by atoms with Crippen molar-refractivity contribution in [2.75, 3.05) is 5.32 Å². The number of nitrogens with one attached hydrogen (secondary N) is 1. The summed E-state index contributed by atoms with van der Waals surface area (Å²) in [4.78, 5) is 16.0. The molecule has 1 saturated carbocycles. The lowest BCUT2D eigenvalue weighted by Crippen LogP contribution is -2.06.